The van der Waals surface area contributed by atoms with Gasteiger partial charge in [-0.25, -0.2) is 0 Å². The lowest BCUT2D eigenvalue weighted by Gasteiger charge is -2.21. The first kappa shape index (κ1) is 15.8. The number of rotatable bonds is 8. The van der Waals surface area contributed by atoms with Crippen LogP contribution >= 0.6 is 11.6 Å². The molecule has 1 aromatic carbocycles. The number of amides is 1. The summed E-state index contributed by atoms with van der Waals surface area (Å²) in [5.41, 5.74) is 0.659. The van der Waals surface area contributed by atoms with Gasteiger partial charge in [-0.1, -0.05) is 19.9 Å². The number of hydrogen-bond donors (Lipinski definition) is 0. The lowest BCUT2D eigenvalue weighted by Crippen LogP contribution is -2.33. The molecule has 3 nitrogen and oxygen atoms in total. The Balaban J connectivity index is 2.78. The molecule has 1 rings (SSSR count). The van der Waals surface area contributed by atoms with E-state index in [1.54, 1.807) is 11.0 Å². The summed E-state index contributed by atoms with van der Waals surface area (Å²) in [4.78, 5) is 14.1. The van der Waals surface area contributed by atoms with Gasteiger partial charge in [0.15, 0.2) is 0 Å². The summed E-state index contributed by atoms with van der Waals surface area (Å²) in [6.45, 7) is 6.08. The quantitative estimate of drug-likeness (QED) is 0.683. The molecular formula is C15H22ClNO2. The van der Waals surface area contributed by atoms with Gasteiger partial charge in [0.25, 0.3) is 5.91 Å². The highest BCUT2D eigenvalue weighted by Gasteiger charge is 2.14. The van der Waals surface area contributed by atoms with E-state index in [1.165, 1.54) is 0 Å². The number of nitrogens with zero attached hydrogens (tertiary/aromatic N) is 1. The lowest BCUT2D eigenvalue weighted by atomic mass is 10.2. The number of carbonyl (C=O) groups excluding carboxylic acids is 1. The van der Waals surface area contributed by atoms with Crippen LogP contribution in [0.25, 0.3) is 0 Å². The maximum Gasteiger partial charge on any atom is 0.254 e. The largest absolute Gasteiger partial charge is 0.494 e. The minimum atomic E-state index is 0.0180. The average molecular weight is 284 g/mol. The molecule has 0 atom stereocenters. The first-order valence-corrected chi connectivity index (χ1v) is 7.34. The van der Waals surface area contributed by atoms with E-state index < -0.39 is 0 Å². The van der Waals surface area contributed by atoms with Crippen LogP contribution in [0.1, 0.15) is 37.0 Å². The Bertz CT molecular complexity index is 389. The zero-order chi connectivity index (χ0) is 14.1. The van der Waals surface area contributed by atoms with E-state index in [1.807, 2.05) is 18.2 Å². The van der Waals surface area contributed by atoms with Crippen LogP contribution < -0.4 is 4.74 Å². The van der Waals surface area contributed by atoms with Gasteiger partial charge in [0.1, 0.15) is 5.75 Å². The first-order chi connectivity index (χ1) is 9.22. The number of carbonyl (C=O) groups is 1. The smallest absolute Gasteiger partial charge is 0.254 e. The highest BCUT2D eigenvalue weighted by atomic mass is 35.5. The highest BCUT2D eigenvalue weighted by Crippen LogP contribution is 2.15. The van der Waals surface area contributed by atoms with Crippen LogP contribution in [0.3, 0.4) is 0 Å². The van der Waals surface area contributed by atoms with Crippen LogP contribution in [0.15, 0.2) is 24.3 Å². The molecule has 0 saturated carbocycles. The fourth-order valence-electron chi connectivity index (χ4n) is 1.81. The van der Waals surface area contributed by atoms with Gasteiger partial charge in [-0.05, 0) is 31.0 Å². The fraction of sp³-hybridized carbons (Fsp3) is 0.533. The van der Waals surface area contributed by atoms with E-state index in [2.05, 4.69) is 13.8 Å². The van der Waals surface area contributed by atoms with Crippen molar-refractivity contribution in [1.82, 2.24) is 4.90 Å². The topological polar surface area (TPSA) is 29.5 Å². The molecule has 4 heteroatoms. The standard InChI is InChI=1S/C15H22ClNO2/c1-3-9-17(10-8-16)15(18)13-6-5-7-14(12-13)19-11-4-2/h5-7,12H,3-4,8-11H2,1-2H3. The van der Waals surface area contributed by atoms with Gasteiger partial charge in [-0.2, -0.15) is 0 Å². The minimum absolute atomic E-state index is 0.0180. The van der Waals surface area contributed by atoms with Crippen molar-refractivity contribution in [2.75, 3.05) is 25.6 Å². The Morgan fingerprint density at radius 1 is 1.26 bits per heavy atom. The Labute approximate surface area is 120 Å². The molecule has 19 heavy (non-hydrogen) atoms. The number of alkyl halides is 1. The number of benzene rings is 1. The van der Waals surface area contributed by atoms with E-state index in [-0.39, 0.29) is 5.91 Å². The van der Waals surface area contributed by atoms with Crippen molar-refractivity contribution in [2.24, 2.45) is 0 Å². The predicted octanol–water partition coefficient (Wildman–Crippen LogP) is 3.57. The van der Waals surface area contributed by atoms with Gasteiger partial charge < -0.3 is 9.64 Å². The number of ether oxygens (including phenoxy) is 1. The average Bonchev–Trinajstić information content (AvgIpc) is 2.44. The van der Waals surface area contributed by atoms with Crippen LogP contribution in [0.2, 0.25) is 0 Å². The number of hydrogen-bond acceptors (Lipinski definition) is 2. The van der Waals surface area contributed by atoms with Crippen LogP contribution in [0.5, 0.6) is 5.75 Å². The van der Waals surface area contributed by atoms with Crippen molar-refractivity contribution < 1.29 is 9.53 Å². The van der Waals surface area contributed by atoms with Gasteiger partial charge in [0.2, 0.25) is 0 Å². The lowest BCUT2D eigenvalue weighted by molar-refractivity contribution is 0.0765. The summed E-state index contributed by atoms with van der Waals surface area (Å²) in [5.74, 6) is 1.22. The molecule has 0 spiro atoms. The molecule has 0 bridgehead atoms. The second-order valence-electron chi connectivity index (χ2n) is 4.36. The normalized spacial score (nSPS) is 10.3. The van der Waals surface area contributed by atoms with Crippen molar-refractivity contribution in [3.8, 4) is 5.75 Å². The van der Waals surface area contributed by atoms with Crippen molar-refractivity contribution in [1.29, 1.82) is 0 Å². The third-order valence-corrected chi connectivity index (χ3v) is 2.86. The van der Waals surface area contributed by atoms with Crippen molar-refractivity contribution in [2.45, 2.75) is 26.7 Å². The molecule has 0 aromatic heterocycles. The molecule has 0 aliphatic heterocycles. The molecule has 1 amide bonds. The molecule has 106 valence electrons. The third kappa shape index (κ3) is 5.11. The van der Waals surface area contributed by atoms with Crippen molar-refractivity contribution in [3.05, 3.63) is 29.8 Å². The summed E-state index contributed by atoms with van der Waals surface area (Å²) in [6.07, 6.45) is 1.88. The van der Waals surface area contributed by atoms with E-state index in [4.69, 9.17) is 16.3 Å². The molecule has 0 radical (unpaired) electrons. The Kier molecular flexibility index (Phi) is 7.34. The van der Waals surface area contributed by atoms with Gasteiger partial charge in [0.05, 0.1) is 6.61 Å². The Hall–Kier alpha value is -1.22. The second-order valence-corrected chi connectivity index (χ2v) is 4.74. The fourth-order valence-corrected chi connectivity index (χ4v) is 2.01. The van der Waals surface area contributed by atoms with Gasteiger partial charge in [0, 0.05) is 24.5 Å². The molecule has 0 heterocycles. The molecule has 0 saturated heterocycles. The zero-order valence-electron chi connectivity index (χ0n) is 11.7. The monoisotopic (exact) mass is 283 g/mol. The Morgan fingerprint density at radius 2 is 2.05 bits per heavy atom. The third-order valence-electron chi connectivity index (χ3n) is 2.69. The van der Waals surface area contributed by atoms with Crippen molar-refractivity contribution in [3.63, 3.8) is 0 Å². The molecular weight excluding hydrogens is 262 g/mol. The van der Waals surface area contributed by atoms with Crippen LogP contribution in [0.4, 0.5) is 0 Å². The van der Waals surface area contributed by atoms with E-state index >= 15 is 0 Å². The summed E-state index contributed by atoms with van der Waals surface area (Å²) in [5, 5.41) is 0. The molecule has 0 unspecified atom stereocenters. The minimum Gasteiger partial charge on any atom is -0.494 e. The molecule has 0 aliphatic rings. The number of halogens is 1. The molecule has 0 N–H and O–H groups in total. The van der Waals surface area contributed by atoms with Crippen LogP contribution in [-0.2, 0) is 0 Å². The van der Waals surface area contributed by atoms with Crippen LogP contribution in [0, 0.1) is 0 Å². The van der Waals surface area contributed by atoms with E-state index in [9.17, 15) is 4.79 Å². The summed E-state index contributed by atoms with van der Waals surface area (Å²) >= 11 is 5.74. The zero-order valence-corrected chi connectivity index (χ0v) is 12.4. The second kappa shape index (κ2) is 8.81. The SMILES string of the molecule is CCCOc1cccc(C(=O)N(CCC)CCCl)c1. The van der Waals surface area contributed by atoms with Gasteiger partial charge in [-0.15, -0.1) is 11.6 Å². The molecule has 1 aromatic rings. The molecule has 0 aliphatic carbocycles. The summed E-state index contributed by atoms with van der Waals surface area (Å²) in [7, 11) is 0. The van der Waals surface area contributed by atoms with E-state index in [0.717, 1.165) is 25.1 Å². The highest BCUT2D eigenvalue weighted by molar-refractivity contribution is 6.18. The predicted molar refractivity (Wildman–Crippen MR) is 79.1 cm³/mol. The first-order valence-electron chi connectivity index (χ1n) is 6.81. The maximum absolute atomic E-state index is 12.4. The van der Waals surface area contributed by atoms with Gasteiger partial charge >= 0.3 is 0 Å². The summed E-state index contributed by atoms with van der Waals surface area (Å²) < 4.78 is 5.55. The van der Waals surface area contributed by atoms with E-state index in [0.29, 0.717) is 24.6 Å². The maximum atomic E-state index is 12.4. The summed E-state index contributed by atoms with van der Waals surface area (Å²) in [6, 6.07) is 7.34. The van der Waals surface area contributed by atoms with Gasteiger partial charge in [-0.3, -0.25) is 4.79 Å². The Morgan fingerprint density at radius 3 is 2.68 bits per heavy atom. The van der Waals surface area contributed by atoms with Crippen molar-refractivity contribution >= 4 is 17.5 Å². The molecule has 0 fully saturated rings. The van der Waals surface area contributed by atoms with Crippen LogP contribution in [-0.4, -0.2) is 36.4 Å².